The van der Waals surface area contributed by atoms with Crippen molar-refractivity contribution in [3.63, 3.8) is 0 Å². The van der Waals surface area contributed by atoms with Gasteiger partial charge in [0.15, 0.2) is 0 Å². The zero-order chi connectivity index (χ0) is 13.5. The van der Waals surface area contributed by atoms with Gasteiger partial charge in [0, 0.05) is 19.2 Å². The smallest absolute Gasteiger partial charge is 0.253 e. The number of phenols is 1. The van der Waals surface area contributed by atoms with Crippen molar-refractivity contribution in [2.45, 2.75) is 27.2 Å². The average molecular weight is 247 g/mol. The molecule has 0 aliphatic heterocycles. The van der Waals surface area contributed by atoms with Gasteiger partial charge in [-0.15, -0.1) is 0 Å². The lowest BCUT2D eigenvalue weighted by molar-refractivity contribution is 0.0783. The maximum Gasteiger partial charge on any atom is 0.253 e. The third kappa shape index (κ3) is 2.50. The minimum atomic E-state index is 0.0372. The summed E-state index contributed by atoms with van der Waals surface area (Å²) in [6, 6.07) is 4.89. The number of hydrogen-bond acceptors (Lipinski definition) is 2. The van der Waals surface area contributed by atoms with Gasteiger partial charge in [0.25, 0.3) is 5.91 Å². The predicted octanol–water partition coefficient (Wildman–Crippen LogP) is 2.82. The lowest BCUT2D eigenvalue weighted by Crippen LogP contribution is -2.30. The number of aromatic hydroxyl groups is 1. The molecule has 1 aromatic carbocycles. The summed E-state index contributed by atoms with van der Waals surface area (Å²) in [7, 11) is 1.85. The number of carbonyl (C=O) groups excluding carboxylic acids is 1. The minimum Gasteiger partial charge on any atom is -0.508 e. The second-order valence-electron chi connectivity index (χ2n) is 6.07. The third-order valence-electron chi connectivity index (χ3n) is 4.00. The van der Waals surface area contributed by atoms with Crippen LogP contribution < -0.4 is 0 Å². The lowest BCUT2D eigenvalue weighted by atomic mass is 10.1. The Morgan fingerprint density at radius 2 is 2.11 bits per heavy atom. The summed E-state index contributed by atoms with van der Waals surface area (Å²) in [5, 5.41) is 9.36. The van der Waals surface area contributed by atoms with Crippen LogP contribution in [0.1, 0.15) is 36.2 Å². The first-order chi connectivity index (χ1) is 8.31. The second kappa shape index (κ2) is 4.30. The Hall–Kier alpha value is -1.51. The standard InChI is InChI=1S/C15H21NO2/c1-10-7-12(17)5-6-13(10)14(18)16(4)9-11-8-15(11,2)3/h5-7,11,17H,8-9H2,1-4H3/t11-/m0/s1. The highest BCUT2D eigenvalue weighted by Crippen LogP contribution is 2.51. The van der Waals surface area contributed by atoms with E-state index in [4.69, 9.17) is 0 Å². The molecule has 2 rings (SSSR count). The van der Waals surface area contributed by atoms with Crippen LogP contribution in [0.5, 0.6) is 5.75 Å². The Kier molecular flexibility index (Phi) is 3.09. The molecular weight excluding hydrogens is 226 g/mol. The van der Waals surface area contributed by atoms with Crippen LogP contribution >= 0.6 is 0 Å². The molecule has 0 bridgehead atoms. The number of carbonyl (C=O) groups is 1. The minimum absolute atomic E-state index is 0.0372. The molecule has 1 N–H and O–H groups in total. The molecule has 1 aliphatic carbocycles. The number of rotatable bonds is 3. The number of hydrogen-bond donors (Lipinski definition) is 1. The molecule has 0 aromatic heterocycles. The topological polar surface area (TPSA) is 40.5 Å². The first-order valence-electron chi connectivity index (χ1n) is 6.36. The van der Waals surface area contributed by atoms with Crippen LogP contribution in [0.4, 0.5) is 0 Å². The maximum absolute atomic E-state index is 12.3. The molecular formula is C15H21NO2. The van der Waals surface area contributed by atoms with E-state index in [9.17, 15) is 9.90 Å². The molecule has 1 saturated carbocycles. The molecule has 98 valence electrons. The molecule has 0 spiro atoms. The molecule has 0 radical (unpaired) electrons. The van der Waals surface area contributed by atoms with E-state index in [1.54, 1.807) is 23.1 Å². The van der Waals surface area contributed by atoms with Gasteiger partial charge >= 0.3 is 0 Å². The van der Waals surface area contributed by atoms with Crippen molar-refractivity contribution in [2.75, 3.05) is 13.6 Å². The van der Waals surface area contributed by atoms with Gasteiger partial charge in [-0.25, -0.2) is 0 Å². The first kappa shape index (κ1) is 12.9. The van der Waals surface area contributed by atoms with Crippen LogP contribution in [-0.2, 0) is 0 Å². The molecule has 0 heterocycles. The molecule has 3 heteroatoms. The SMILES string of the molecule is Cc1cc(O)ccc1C(=O)N(C)C[C@@H]1CC1(C)C. The zero-order valence-corrected chi connectivity index (χ0v) is 11.5. The lowest BCUT2D eigenvalue weighted by Gasteiger charge is -2.19. The van der Waals surface area contributed by atoms with Crippen molar-refractivity contribution >= 4 is 5.91 Å². The van der Waals surface area contributed by atoms with Crippen molar-refractivity contribution in [1.82, 2.24) is 4.90 Å². The summed E-state index contributed by atoms with van der Waals surface area (Å²) < 4.78 is 0. The summed E-state index contributed by atoms with van der Waals surface area (Å²) in [5.41, 5.74) is 1.88. The monoisotopic (exact) mass is 247 g/mol. The largest absolute Gasteiger partial charge is 0.508 e. The molecule has 0 saturated heterocycles. The van der Waals surface area contributed by atoms with E-state index in [0.29, 0.717) is 16.9 Å². The van der Waals surface area contributed by atoms with Crippen LogP contribution in [-0.4, -0.2) is 29.5 Å². The summed E-state index contributed by atoms with van der Waals surface area (Å²) in [6.07, 6.45) is 1.19. The van der Waals surface area contributed by atoms with Gasteiger partial charge in [0.2, 0.25) is 0 Å². The van der Waals surface area contributed by atoms with Crippen molar-refractivity contribution in [2.24, 2.45) is 11.3 Å². The van der Waals surface area contributed by atoms with Gasteiger partial charge in [-0.3, -0.25) is 4.79 Å². The summed E-state index contributed by atoms with van der Waals surface area (Å²) >= 11 is 0. The molecule has 1 aromatic rings. The van der Waals surface area contributed by atoms with Crippen LogP contribution in [0, 0.1) is 18.3 Å². The van der Waals surface area contributed by atoms with Crippen LogP contribution in [0.2, 0.25) is 0 Å². The van der Waals surface area contributed by atoms with Crippen LogP contribution in [0.3, 0.4) is 0 Å². The molecule has 0 unspecified atom stereocenters. The Bertz CT molecular complexity index is 479. The molecule has 1 atom stereocenters. The Morgan fingerprint density at radius 1 is 1.50 bits per heavy atom. The van der Waals surface area contributed by atoms with Crippen LogP contribution in [0.15, 0.2) is 18.2 Å². The molecule has 18 heavy (non-hydrogen) atoms. The normalized spacial score (nSPS) is 20.6. The number of aryl methyl sites for hydroxylation is 1. The summed E-state index contributed by atoms with van der Waals surface area (Å²) in [6.45, 7) is 7.14. The number of nitrogens with zero attached hydrogens (tertiary/aromatic N) is 1. The van der Waals surface area contributed by atoms with Gasteiger partial charge in [-0.1, -0.05) is 13.8 Å². The first-order valence-corrected chi connectivity index (χ1v) is 6.36. The van der Waals surface area contributed by atoms with Gasteiger partial charge in [-0.05, 0) is 48.4 Å². The van der Waals surface area contributed by atoms with Crippen molar-refractivity contribution < 1.29 is 9.90 Å². The van der Waals surface area contributed by atoms with E-state index in [1.807, 2.05) is 14.0 Å². The second-order valence-corrected chi connectivity index (χ2v) is 6.07. The predicted molar refractivity (Wildman–Crippen MR) is 71.7 cm³/mol. The molecule has 1 aliphatic rings. The van der Waals surface area contributed by atoms with Crippen molar-refractivity contribution in [1.29, 1.82) is 0 Å². The zero-order valence-electron chi connectivity index (χ0n) is 11.5. The van der Waals surface area contributed by atoms with E-state index in [-0.39, 0.29) is 11.7 Å². The quantitative estimate of drug-likeness (QED) is 0.892. The van der Waals surface area contributed by atoms with Crippen molar-refractivity contribution in [3.8, 4) is 5.75 Å². The van der Waals surface area contributed by atoms with Gasteiger partial charge in [0.1, 0.15) is 5.75 Å². The fourth-order valence-corrected chi connectivity index (χ4v) is 2.39. The third-order valence-corrected chi connectivity index (χ3v) is 4.00. The van der Waals surface area contributed by atoms with E-state index < -0.39 is 0 Å². The molecule has 3 nitrogen and oxygen atoms in total. The highest BCUT2D eigenvalue weighted by Gasteiger charge is 2.46. The highest BCUT2D eigenvalue weighted by atomic mass is 16.3. The van der Waals surface area contributed by atoms with E-state index >= 15 is 0 Å². The fourth-order valence-electron chi connectivity index (χ4n) is 2.39. The summed E-state index contributed by atoms with van der Waals surface area (Å²) in [4.78, 5) is 14.1. The Labute approximate surface area is 108 Å². The van der Waals surface area contributed by atoms with Gasteiger partial charge in [-0.2, -0.15) is 0 Å². The number of benzene rings is 1. The van der Waals surface area contributed by atoms with Crippen molar-refractivity contribution in [3.05, 3.63) is 29.3 Å². The van der Waals surface area contributed by atoms with Gasteiger partial charge < -0.3 is 10.0 Å². The average Bonchev–Trinajstić information content (AvgIpc) is 2.85. The molecule has 1 fully saturated rings. The highest BCUT2D eigenvalue weighted by molar-refractivity contribution is 5.95. The Morgan fingerprint density at radius 3 is 2.61 bits per heavy atom. The number of phenolic OH excluding ortho intramolecular Hbond substituents is 1. The fraction of sp³-hybridized carbons (Fsp3) is 0.533. The van der Waals surface area contributed by atoms with Gasteiger partial charge in [0.05, 0.1) is 0 Å². The number of amides is 1. The van der Waals surface area contributed by atoms with E-state index in [1.165, 1.54) is 6.42 Å². The molecule has 1 amide bonds. The van der Waals surface area contributed by atoms with E-state index in [2.05, 4.69) is 13.8 Å². The van der Waals surface area contributed by atoms with E-state index in [0.717, 1.165) is 12.1 Å². The maximum atomic E-state index is 12.3. The summed E-state index contributed by atoms with van der Waals surface area (Å²) in [5.74, 6) is 0.856. The van der Waals surface area contributed by atoms with Crippen LogP contribution in [0.25, 0.3) is 0 Å². The Balaban J connectivity index is 2.06.